The third kappa shape index (κ3) is 9.90. The molecule has 0 aliphatic rings. The molecule has 2 atom stereocenters. The number of nitrogens with one attached hydrogen (secondary N) is 2. The summed E-state index contributed by atoms with van der Waals surface area (Å²) in [5.74, 6) is -0.594. The van der Waals surface area contributed by atoms with Gasteiger partial charge in [-0.2, -0.15) is 0 Å². The molecule has 0 aliphatic carbocycles. The molecule has 2 aromatic carbocycles. The van der Waals surface area contributed by atoms with Gasteiger partial charge >= 0.3 is 6.09 Å². The first-order valence-corrected chi connectivity index (χ1v) is 13.3. The van der Waals surface area contributed by atoms with Crippen LogP contribution in [0.4, 0.5) is 4.79 Å². The standard InChI is InChI=1S/C30H43N3O4/c1-7-9-13-20-33(28(35)22(3)32-29(36)37-30(4,5)6)26(25-18-16-23(8-2)17-19-25)27(34)31-21-24-14-11-10-12-15-24/h10-12,14-19,22,26H,7-9,13,20-21H2,1-6H3,(H,31,34)(H,32,36). The lowest BCUT2D eigenvalue weighted by molar-refractivity contribution is -0.142. The van der Waals surface area contributed by atoms with Crippen LogP contribution in [0.15, 0.2) is 54.6 Å². The maximum atomic E-state index is 13.7. The molecule has 7 nitrogen and oxygen atoms in total. The maximum Gasteiger partial charge on any atom is 0.408 e. The summed E-state index contributed by atoms with van der Waals surface area (Å²) in [5, 5.41) is 5.66. The average molecular weight is 510 g/mol. The summed E-state index contributed by atoms with van der Waals surface area (Å²) in [7, 11) is 0. The Morgan fingerprint density at radius 1 is 0.919 bits per heavy atom. The molecule has 2 aromatic rings. The van der Waals surface area contributed by atoms with Crippen molar-refractivity contribution in [2.24, 2.45) is 0 Å². The monoisotopic (exact) mass is 509 g/mol. The Morgan fingerprint density at radius 2 is 1.57 bits per heavy atom. The van der Waals surface area contributed by atoms with Gasteiger partial charge in [0.25, 0.3) is 0 Å². The van der Waals surface area contributed by atoms with Crippen molar-refractivity contribution in [1.82, 2.24) is 15.5 Å². The first kappa shape index (κ1) is 29.9. The molecule has 0 saturated heterocycles. The molecule has 0 radical (unpaired) electrons. The third-order valence-corrected chi connectivity index (χ3v) is 5.96. The number of benzene rings is 2. The number of carbonyl (C=O) groups is 3. The number of nitrogens with zero attached hydrogens (tertiary/aromatic N) is 1. The Labute approximate surface area is 222 Å². The number of ether oxygens (including phenoxy) is 1. The summed E-state index contributed by atoms with van der Waals surface area (Å²) < 4.78 is 5.34. The highest BCUT2D eigenvalue weighted by Crippen LogP contribution is 2.24. The minimum atomic E-state index is -0.865. The van der Waals surface area contributed by atoms with E-state index < -0.39 is 23.8 Å². The van der Waals surface area contributed by atoms with Crippen LogP contribution in [0, 0.1) is 0 Å². The van der Waals surface area contributed by atoms with Gasteiger partial charge in [-0.25, -0.2) is 4.79 Å². The summed E-state index contributed by atoms with van der Waals surface area (Å²) in [6.45, 7) is 11.8. The SMILES string of the molecule is CCCCCN(C(=O)C(C)NC(=O)OC(C)(C)C)C(C(=O)NCc1ccccc1)c1ccc(CC)cc1. The van der Waals surface area contributed by atoms with Gasteiger partial charge in [-0.3, -0.25) is 9.59 Å². The van der Waals surface area contributed by atoms with Crippen LogP contribution in [0.25, 0.3) is 0 Å². The highest BCUT2D eigenvalue weighted by Gasteiger charge is 2.34. The van der Waals surface area contributed by atoms with Crippen molar-refractivity contribution >= 4 is 17.9 Å². The van der Waals surface area contributed by atoms with Crippen molar-refractivity contribution in [3.8, 4) is 0 Å². The fourth-order valence-corrected chi connectivity index (χ4v) is 3.98. The van der Waals surface area contributed by atoms with Crippen molar-refractivity contribution in [3.05, 3.63) is 71.3 Å². The van der Waals surface area contributed by atoms with Crippen LogP contribution < -0.4 is 10.6 Å². The summed E-state index contributed by atoms with van der Waals surface area (Å²) in [6.07, 6.45) is 2.85. The fourth-order valence-electron chi connectivity index (χ4n) is 3.98. The normalized spacial score (nSPS) is 12.8. The molecule has 2 rings (SSSR count). The van der Waals surface area contributed by atoms with Gasteiger partial charge in [0.1, 0.15) is 17.7 Å². The molecule has 0 heterocycles. The number of unbranched alkanes of at least 4 members (excludes halogenated alkanes) is 2. The minimum Gasteiger partial charge on any atom is -0.444 e. The topological polar surface area (TPSA) is 87.7 Å². The second-order valence-corrected chi connectivity index (χ2v) is 10.3. The Hall–Kier alpha value is -3.35. The largest absolute Gasteiger partial charge is 0.444 e. The Balaban J connectivity index is 2.36. The van der Waals surface area contributed by atoms with Gasteiger partial charge in [-0.05, 0) is 57.2 Å². The molecule has 2 N–H and O–H groups in total. The predicted molar refractivity (Wildman–Crippen MR) is 147 cm³/mol. The van der Waals surface area contributed by atoms with Crippen LogP contribution in [-0.2, 0) is 27.3 Å². The molecule has 3 amide bonds. The van der Waals surface area contributed by atoms with Gasteiger partial charge in [0.15, 0.2) is 0 Å². The Kier molecular flexibility index (Phi) is 11.6. The fraction of sp³-hybridized carbons (Fsp3) is 0.500. The van der Waals surface area contributed by atoms with Crippen molar-refractivity contribution in [2.45, 2.75) is 91.5 Å². The van der Waals surface area contributed by atoms with Gasteiger partial charge in [-0.1, -0.05) is 81.3 Å². The first-order valence-electron chi connectivity index (χ1n) is 13.3. The molecule has 202 valence electrons. The first-order chi connectivity index (χ1) is 17.6. The van der Waals surface area contributed by atoms with Gasteiger partial charge in [0.05, 0.1) is 0 Å². The van der Waals surface area contributed by atoms with E-state index in [4.69, 9.17) is 4.74 Å². The number of carbonyl (C=O) groups excluding carboxylic acids is 3. The third-order valence-electron chi connectivity index (χ3n) is 5.96. The smallest absolute Gasteiger partial charge is 0.408 e. The van der Waals surface area contributed by atoms with Crippen molar-refractivity contribution < 1.29 is 19.1 Å². The number of alkyl carbamates (subject to hydrolysis) is 1. The van der Waals surface area contributed by atoms with E-state index in [1.165, 1.54) is 0 Å². The second-order valence-electron chi connectivity index (χ2n) is 10.3. The van der Waals surface area contributed by atoms with Gasteiger partial charge in [0, 0.05) is 13.1 Å². The van der Waals surface area contributed by atoms with E-state index in [2.05, 4.69) is 24.5 Å². The lowest BCUT2D eigenvalue weighted by Crippen LogP contribution is -2.52. The minimum absolute atomic E-state index is 0.262. The number of rotatable bonds is 12. The number of hydrogen-bond donors (Lipinski definition) is 2. The van der Waals surface area contributed by atoms with Crippen LogP contribution in [0.3, 0.4) is 0 Å². The summed E-state index contributed by atoms with van der Waals surface area (Å²) in [6, 6.07) is 15.8. The molecule has 0 fully saturated rings. The molecule has 0 aromatic heterocycles. The molecule has 2 unspecified atom stereocenters. The lowest BCUT2D eigenvalue weighted by Gasteiger charge is -2.34. The summed E-state index contributed by atoms with van der Waals surface area (Å²) in [5.41, 5.74) is 2.17. The molecule has 0 aliphatic heterocycles. The average Bonchev–Trinajstić information content (AvgIpc) is 2.86. The highest BCUT2D eigenvalue weighted by atomic mass is 16.6. The van der Waals surface area contributed by atoms with E-state index in [9.17, 15) is 14.4 Å². The van der Waals surface area contributed by atoms with E-state index >= 15 is 0 Å². The van der Waals surface area contributed by atoms with E-state index in [0.717, 1.165) is 42.4 Å². The molecule has 7 heteroatoms. The molecular weight excluding hydrogens is 466 g/mol. The van der Waals surface area contributed by atoms with E-state index in [-0.39, 0.29) is 11.8 Å². The number of hydrogen-bond acceptors (Lipinski definition) is 4. The van der Waals surface area contributed by atoms with E-state index in [1.807, 2.05) is 54.6 Å². The lowest BCUT2D eigenvalue weighted by atomic mass is 10.00. The Morgan fingerprint density at radius 3 is 2.14 bits per heavy atom. The summed E-state index contributed by atoms with van der Waals surface area (Å²) >= 11 is 0. The van der Waals surface area contributed by atoms with Crippen LogP contribution in [0.2, 0.25) is 0 Å². The van der Waals surface area contributed by atoms with Gasteiger partial charge in [-0.15, -0.1) is 0 Å². The van der Waals surface area contributed by atoms with Crippen LogP contribution in [-0.4, -0.2) is 41.0 Å². The van der Waals surface area contributed by atoms with Gasteiger partial charge < -0.3 is 20.3 Å². The summed E-state index contributed by atoms with van der Waals surface area (Å²) in [4.78, 5) is 41.4. The van der Waals surface area contributed by atoms with Crippen molar-refractivity contribution in [2.75, 3.05) is 6.54 Å². The molecule has 37 heavy (non-hydrogen) atoms. The van der Waals surface area contributed by atoms with Crippen LogP contribution >= 0.6 is 0 Å². The van der Waals surface area contributed by atoms with Gasteiger partial charge in [0.2, 0.25) is 11.8 Å². The van der Waals surface area contributed by atoms with Crippen LogP contribution in [0.1, 0.15) is 83.5 Å². The molecule has 0 saturated carbocycles. The van der Waals surface area contributed by atoms with Crippen molar-refractivity contribution in [3.63, 3.8) is 0 Å². The second kappa shape index (κ2) is 14.4. The maximum absolute atomic E-state index is 13.7. The zero-order valence-corrected chi connectivity index (χ0v) is 23.2. The zero-order chi connectivity index (χ0) is 27.4. The number of aryl methyl sites for hydroxylation is 1. The quantitative estimate of drug-likeness (QED) is 0.368. The van der Waals surface area contributed by atoms with E-state index in [0.29, 0.717) is 13.1 Å². The Bertz CT molecular complexity index is 1000. The molecular formula is C30H43N3O4. The van der Waals surface area contributed by atoms with E-state index in [1.54, 1.807) is 32.6 Å². The predicted octanol–water partition coefficient (Wildman–Crippen LogP) is 5.54. The molecule has 0 bridgehead atoms. The molecule has 0 spiro atoms. The van der Waals surface area contributed by atoms with Crippen LogP contribution in [0.5, 0.6) is 0 Å². The van der Waals surface area contributed by atoms with Crippen molar-refractivity contribution in [1.29, 1.82) is 0 Å². The highest BCUT2D eigenvalue weighted by molar-refractivity contribution is 5.92. The number of amides is 3. The zero-order valence-electron chi connectivity index (χ0n) is 23.2.